The van der Waals surface area contributed by atoms with E-state index in [1.165, 1.54) is 0 Å². The van der Waals surface area contributed by atoms with Gasteiger partial charge in [-0.15, -0.1) is 0 Å². The number of allylic oxidation sites excluding steroid dienone is 1. The van der Waals surface area contributed by atoms with Gasteiger partial charge in [-0.1, -0.05) is 0 Å². The van der Waals surface area contributed by atoms with E-state index in [9.17, 15) is 9.90 Å². The van der Waals surface area contributed by atoms with Crippen LogP contribution in [-0.2, 0) is 6.42 Å². The number of aromatic hydroxyl groups is 1. The molecule has 0 heterocycles. The predicted molar refractivity (Wildman–Crippen MR) is 91.2 cm³/mol. The summed E-state index contributed by atoms with van der Waals surface area (Å²) in [4.78, 5) is 12.7. The van der Waals surface area contributed by atoms with E-state index in [0.29, 0.717) is 5.75 Å². The highest BCUT2D eigenvalue weighted by Gasteiger charge is 2.22. The van der Waals surface area contributed by atoms with Crippen molar-refractivity contribution in [2.24, 2.45) is 0 Å². The highest BCUT2D eigenvalue weighted by Crippen LogP contribution is 2.30. The minimum Gasteiger partial charge on any atom is -0.507 e. The van der Waals surface area contributed by atoms with Gasteiger partial charge in [0.25, 0.3) is 0 Å². The van der Waals surface area contributed by atoms with Crippen molar-refractivity contribution < 1.29 is 14.6 Å². The zero-order valence-electron chi connectivity index (χ0n) is 13.6. The third kappa shape index (κ3) is 2.87. The second-order valence-electron chi connectivity index (χ2n) is 6.03. The zero-order valence-corrected chi connectivity index (χ0v) is 13.6. The normalized spacial score (nSPS) is 15.6. The first-order valence-corrected chi connectivity index (χ1v) is 7.72. The van der Waals surface area contributed by atoms with E-state index in [4.69, 9.17) is 4.74 Å². The smallest absolute Gasteiger partial charge is 0.189 e. The second kappa shape index (κ2) is 5.92. The van der Waals surface area contributed by atoms with Gasteiger partial charge in [-0.3, -0.25) is 4.79 Å². The van der Waals surface area contributed by atoms with Crippen molar-refractivity contribution in [3.8, 4) is 11.5 Å². The van der Waals surface area contributed by atoms with Crippen LogP contribution in [0.1, 0.15) is 39.0 Å². The van der Waals surface area contributed by atoms with Gasteiger partial charge in [-0.05, 0) is 85.4 Å². The third-order valence-electron chi connectivity index (χ3n) is 4.37. The molecule has 118 valence electrons. The van der Waals surface area contributed by atoms with Crippen LogP contribution in [0.3, 0.4) is 0 Å². The molecule has 2 aromatic rings. The van der Waals surface area contributed by atoms with Gasteiger partial charge in [0.05, 0.1) is 7.11 Å². The molecule has 1 aliphatic rings. The largest absolute Gasteiger partial charge is 0.507 e. The fourth-order valence-corrected chi connectivity index (χ4v) is 3.09. The van der Waals surface area contributed by atoms with Gasteiger partial charge in [0, 0.05) is 11.1 Å². The van der Waals surface area contributed by atoms with Crippen molar-refractivity contribution in [2.45, 2.75) is 26.7 Å². The molecule has 1 aliphatic carbocycles. The monoisotopic (exact) mass is 308 g/mol. The Hall–Kier alpha value is -2.55. The lowest BCUT2D eigenvalue weighted by Gasteiger charge is -2.18. The topological polar surface area (TPSA) is 46.5 Å². The molecule has 0 saturated carbocycles. The molecule has 0 aliphatic heterocycles. The summed E-state index contributed by atoms with van der Waals surface area (Å²) >= 11 is 0. The molecule has 0 unspecified atom stereocenters. The third-order valence-corrected chi connectivity index (χ3v) is 4.37. The van der Waals surface area contributed by atoms with Gasteiger partial charge >= 0.3 is 0 Å². The fraction of sp³-hybridized carbons (Fsp3) is 0.250. The Morgan fingerprint density at radius 3 is 2.43 bits per heavy atom. The van der Waals surface area contributed by atoms with Crippen LogP contribution in [0.4, 0.5) is 0 Å². The molecule has 3 rings (SSSR count). The quantitative estimate of drug-likeness (QED) is 0.845. The summed E-state index contributed by atoms with van der Waals surface area (Å²) < 4.78 is 5.23. The van der Waals surface area contributed by atoms with Crippen molar-refractivity contribution in [3.05, 3.63) is 63.7 Å². The molecule has 0 spiro atoms. The molecule has 0 fully saturated rings. The van der Waals surface area contributed by atoms with Crippen LogP contribution in [0.25, 0.3) is 6.08 Å². The molecular formula is C20H20O3. The van der Waals surface area contributed by atoms with E-state index in [-0.39, 0.29) is 5.78 Å². The summed E-state index contributed by atoms with van der Waals surface area (Å²) in [5, 5.41) is 9.87. The number of hydrogen-bond donors (Lipinski definition) is 1. The Morgan fingerprint density at radius 1 is 1.09 bits per heavy atom. The molecule has 0 radical (unpaired) electrons. The van der Waals surface area contributed by atoms with E-state index in [1.807, 2.05) is 50.3 Å². The fourth-order valence-electron chi connectivity index (χ4n) is 3.09. The number of methoxy groups -OCH3 is 1. The Morgan fingerprint density at radius 2 is 1.78 bits per heavy atom. The summed E-state index contributed by atoms with van der Waals surface area (Å²) in [6.07, 6.45) is 3.49. The van der Waals surface area contributed by atoms with Gasteiger partial charge in [-0.25, -0.2) is 0 Å². The van der Waals surface area contributed by atoms with E-state index < -0.39 is 0 Å². The average molecular weight is 308 g/mol. The van der Waals surface area contributed by atoms with Crippen LogP contribution in [-0.4, -0.2) is 18.0 Å². The van der Waals surface area contributed by atoms with Crippen molar-refractivity contribution >= 4 is 11.9 Å². The lowest BCUT2D eigenvalue weighted by molar-refractivity contribution is 0.102. The van der Waals surface area contributed by atoms with Crippen LogP contribution < -0.4 is 4.74 Å². The minimum absolute atomic E-state index is 0.0808. The van der Waals surface area contributed by atoms with E-state index in [2.05, 4.69) is 0 Å². The predicted octanol–water partition coefficient (Wildman–Crippen LogP) is 4.23. The molecule has 2 aromatic carbocycles. The number of fused-ring (bicyclic) bond motifs is 1. The molecule has 1 N–H and O–H groups in total. The Balaban J connectivity index is 1.97. The maximum absolute atomic E-state index is 12.7. The maximum Gasteiger partial charge on any atom is 0.189 e. The molecule has 23 heavy (non-hydrogen) atoms. The van der Waals surface area contributed by atoms with Gasteiger partial charge in [0.15, 0.2) is 5.78 Å². The lowest BCUT2D eigenvalue weighted by Crippen LogP contribution is -2.14. The van der Waals surface area contributed by atoms with Crippen LogP contribution in [0.2, 0.25) is 0 Å². The number of Topliss-reactive ketones (excluding diaryl/α,β-unsaturated/α-hetero) is 1. The number of phenols is 1. The highest BCUT2D eigenvalue weighted by atomic mass is 16.5. The number of hydrogen-bond acceptors (Lipinski definition) is 3. The molecule has 0 aromatic heterocycles. The molecule has 0 saturated heterocycles. The summed E-state index contributed by atoms with van der Waals surface area (Å²) in [5.74, 6) is 1.19. The van der Waals surface area contributed by atoms with Crippen LogP contribution >= 0.6 is 0 Å². The van der Waals surface area contributed by atoms with Gasteiger partial charge in [0.2, 0.25) is 0 Å². The second-order valence-corrected chi connectivity index (χ2v) is 6.03. The van der Waals surface area contributed by atoms with E-state index in [1.54, 1.807) is 7.11 Å². The molecule has 0 bridgehead atoms. The Labute approximate surface area is 136 Å². The maximum atomic E-state index is 12.7. The first-order chi connectivity index (χ1) is 11.0. The number of ketones is 1. The van der Waals surface area contributed by atoms with Gasteiger partial charge in [-0.2, -0.15) is 0 Å². The Kier molecular flexibility index (Phi) is 3.95. The van der Waals surface area contributed by atoms with Crippen molar-refractivity contribution in [2.75, 3.05) is 7.11 Å². The van der Waals surface area contributed by atoms with Crippen LogP contribution in [0.15, 0.2) is 35.9 Å². The minimum atomic E-state index is 0.0808. The van der Waals surface area contributed by atoms with Crippen molar-refractivity contribution in [3.63, 3.8) is 0 Å². The number of aryl methyl sites for hydroxylation is 3. The summed E-state index contributed by atoms with van der Waals surface area (Å²) in [5.41, 5.74) is 5.22. The van der Waals surface area contributed by atoms with Crippen LogP contribution in [0, 0.1) is 13.8 Å². The number of phenolic OH excluding ortho intramolecular Hbond substituents is 1. The molecule has 0 amide bonds. The number of carbonyl (C=O) groups excluding carboxylic acids is 1. The van der Waals surface area contributed by atoms with Crippen molar-refractivity contribution in [1.29, 1.82) is 0 Å². The van der Waals surface area contributed by atoms with E-state index >= 15 is 0 Å². The number of carbonyl (C=O) groups is 1. The van der Waals surface area contributed by atoms with E-state index in [0.717, 1.165) is 52.0 Å². The van der Waals surface area contributed by atoms with Gasteiger partial charge < -0.3 is 9.84 Å². The lowest BCUT2D eigenvalue weighted by atomic mass is 9.85. The summed E-state index contributed by atoms with van der Waals surface area (Å²) in [6, 6.07) is 9.43. The SMILES string of the molecule is COc1ccc2c(c1)CC/C(=C\c1cc(C)c(O)c(C)c1)C2=O. The summed E-state index contributed by atoms with van der Waals surface area (Å²) in [6.45, 7) is 3.74. The van der Waals surface area contributed by atoms with Crippen molar-refractivity contribution in [1.82, 2.24) is 0 Å². The molecule has 0 atom stereocenters. The van der Waals surface area contributed by atoms with Crippen LogP contribution in [0.5, 0.6) is 11.5 Å². The number of benzene rings is 2. The average Bonchev–Trinajstić information content (AvgIpc) is 2.54. The molecular weight excluding hydrogens is 288 g/mol. The van der Waals surface area contributed by atoms with Gasteiger partial charge in [0.1, 0.15) is 11.5 Å². The highest BCUT2D eigenvalue weighted by molar-refractivity contribution is 6.13. The summed E-state index contributed by atoms with van der Waals surface area (Å²) in [7, 11) is 1.63. The number of ether oxygens (including phenoxy) is 1. The zero-order chi connectivity index (χ0) is 16.6. The first-order valence-electron chi connectivity index (χ1n) is 7.72. The molecule has 3 nitrogen and oxygen atoms in total. The standard InChI is InChI=1S/C20H20O3/c1-12-8-14(9-13(2)19(12)21)10-16-5-4-15-11-17(23-3)6-7-18(15)20(16)22/h6-11,21H,4-5H2,1-3H3/b16-10+. The first kappa shape index (κ1) is 15.3. The number of rotatable bonds is 2. The molecule has 3 heteroatoms. The Bertz CT molecular complexity index is 793.